The number of hydrogen-bond acceptors (Lipinski definition) is 5. The second kappa shape index (κ2) is 5.05. The third kappa shape index (κ3) is 2.68. The first-order chi connectivity index (χ1) is 8.18. The van der Waals surface area contributed by atoms with E-state index in [1.807, 2.05) is 24.3 Å². The predicted octanol–water partition coefficient (Wildman–Crippen LogP) is 2.30. The van der Waals surface area contributed by atoms with Crippen LogP contribution in [0.3, 0.4) is 0 Å². The summed E-state index contributed by atoms with van der Waals surface area (Å²) in [5.74, 6) is 0.0888. The van der Waals surface area contributed by atoms with Gasteiger partial charge in [0.1, 0.15) is 0 Å². The molecule has 1 aliphatic heterocycles. The van der Waals surface area contributed by atoms with Crippen molar-refractivity contribution in [1.82, 2.24) is 0 Å². The van der Waals surface area contributed by atoms with Gasteiger partial charge in [0.05, 0.1) is 5.57 Å². The van der Waals surface area contributed by atoms with Gasteiger partial charge in [-0.05, 0) is 11.1 Å². The average molecular weight is 250 g/mol. The van der Waals surface area contributed by atoms with Crippen LogP contribution in [0.4, 0.5) is 0 Å². The number of fused-ring (bicyclic) bond motifs is 1. The van der Waals surface area contributed by atoms with E-state index in [9.17, 15) is 9.59 Å². The minimum atomic E-state index is -0.564. The first-order valence-corrected chi connectivity index (χ1v) is 5.96. The minimum absolute atomic E-state index is 0.0872. The van der Waals surface area contributed by atoms with Crippen molar-refractivity contribution in [3.63, 3.8) is 0 Å². The first-order valence-electron chi connectivity index (χ1n) is 4.98. The summed E-state index contributed by atoms with van der Waals surface area (Å²) in [4.78, 5) is 31.2. The van der Waals surface area contributed by atoms with Gasteiger partial charge in [-0.25, -0.2) is 4.79 Å². The van der Waals surface area contributed by atoms with Crippen LogP contribution in [0.1, 0.15) is 18.1 Å². The van der Waals surface area contributed by atoms with E-state index in [1.54, 1.807) is 0 Å². The number of carbonyl (C=O) groups is 2. The van der Waals surface area contributed by atoms with E-state index in [1.165, 1.54) is 24.9 Å². The maximum Gasteiger partial charge on any atom is 0.352 e. The van der Waals surface area contributed by atoms with E-state index in [-0.39, 0.29) is 5.12 Å². The molecule has 0 spiro atoms. The highest BCUT2D eigenvalue weighted by molar-refractivity contribution is 8.14. The van der Waals surface area contributed by atoms with Crippen LogP contribution < -0.4 is 0 Å². The molecule has 2 rings (SSSR count). The van der Waals surface area contributed by atoms with Crippen molar-refractivity contribution in [2.24, 2.45) is 0 Å². The van der Waals surface area contributed by atoms with Crippen molar-refractivity contribution in [2.75, 3.05) is 0 Å². The van der Waals surface area contributed by atoms with E-state index < -0.39 is 5.97 Å². The maximum atomic E-state index is 11.7. The molecule has 0 unspecified atom stereocenters. The van der Waals surface area contributed by atoms with Gasteiger partial charge in [-0.2, -0.15) is 0 Å². The van der Waals surface area contributed by atoms with Gasteiger partial charge < -0.3 is 0 Å². The lowest BCUT2D eigenvalue weighted by Gasteiger charge is -2.16. The smallest absolute Gasteiger partial charge is 0.294 e. The highest BCUT2D eigenvalue weighted by atomic mass is 32.2. The topological polar surface area (TPSA) is 52.6 Å². The molecule has 0 radical (unpaired) electrons. The molecule has 0 amide bonds. The summed E-state index contributed by atoms with van der Waals surface area (Å²) in [6, 6.07) is 7.56. The first kappa shape index (κ1) is 11.7. The lowest BCUT2D eigenvalue weighted by atomic mass is 10.0. The number of carbonyl (C=O) groups excluding carboxylic acids is 2. The maximum absolute atomic E-state index is 11.7. The van der Waals surface area contributed by atoms with Crippen LogP contribution in [0.25, 0.3) is 5.57 Å². The van der Waals surface area contributed by atoms with Crippen molar-refractivity contribution in [3.8, 4) is 0 Å². The van der Waals surface area contributed by atoms with E-state index in [0.29, 0.717) is 11.3 Å². The van der Waals surface area contributed by atoms with Crippen molar-refractivity contribution in [1.29, 1.82) is 0 Å². The van der Waals surface area contributed by atoms with Crippen LogP contribution in [-0.4, -0.2) is 11.1 Å². The molecule has 88 valence electrons. The summed E-state index contributed by atoms with van der Waals surface area (Å²) in [5.41, 5.74) is 2.30. The molecule has 1 aliphatic rings. The molecule has 5 heteroatoms. The monoisotopic (exact) mass is 250 g/mol. The Morgan fingerprint density at radius 2 is 2.18 bits per heavy atom. The quantitative estimate of drug-likeness (QED) is 0.349. The Bertz CT molecular complexity index is 493. The summed E-state index contributed by atoms with van der Waals surface area (Å²) in [6.07, 6.45) is 1.18. The fourth-order valence-corrected chi connectivity index (χ4v) is 2.34. The normalized spacial score (nSPS) is 16.5. The van der Waals surface area contributed by atoms with Crippen LogP contribution in [0.5, 0.6) is 0 Å². The second-order valence-corrected chi connectivity index (χ2v) is 4.38. The zero-order valence-corrected chi connectivity index (χ0v) is 9.95. The van der Waals surface area contributed by atoms with E-state index in [0.717, 1.165) is 11.1 Å². The number of hydrogen-bond donors (Lipinski definition) is 0. The Labute approximate surface area is 103 Å². The van der Waals surface area contributed by atoms with Crippen molar-refractivity contribution in [2.45, 2.75) is 12.7 Å². The summed E-state index contributed by atoms with van der Waals surface area (Å²) >= 11 is 1.20. The Kier molecular flexibility index (Phi) is 3.49. The minimum Gasteiger partial charge on any atom is -0.294 e. The molecule has 0 saturated carbocycles. The van der Waals surface area contributed by atoms with Gasteiger partial charge >= 0.3 is 5.97 Å². The molecule has 0 saturated heterocycles. The highest BCUT2D eigenvalue weighted by Crippen LogP contribution is 2.33. The molecular formula is C12H10O4S. The Balaban J connectivity index is 2.26. The van der Waals surface area contributed by atoms with Gasteiger partial charge in [-0.15, -0.1) is 0 Å². The van der Waals surface area contributed by atoms with E-state index in [4.69, 9.17) is 0 Å². The zero-order valence-electron chi connectivity index (χ0n) is 9.14. The number of thioether (sulfide) groups is 1. The third-order valence-corrected chi connectivity index (χ3v) is 3.16. The van der Waals surface area contributed by atoms with Crippen LogP contribution in [0, 0.1) is 0 Å². The van der Waals surface area contributed by atoms with Crippen LogP contribution in [0.15, 0.2) is 30.5 Å². The number of rotatable bonds is 2. The summed E-state index contributed by atoms with van der Waals surface area (Å²) in [5, 5.41) is -0.0872. The molecule has 0 bridgehead atoms. The van der Waals surface area contributed by atoms with Crippen LogP contribution >= 0.6 is 11.8 Å². The molecule has 4 nitrogen and oxygen atoms in total. The lowest BCUT2D eigenvalue weighted by Crippen LogP contribution is -2.08. The molecule has 1 aromatic carbocycles. The summed E-state index contributed by atoms with van der Waals surface area (Å²) in [6.45, 7) is 1.23. The highest BCUT2D eigenvalue weighted by Gasteiger charge is 2.22. The van der Waals surface area contributed by atoms with Crippen molar-refractivity contribution in [3.05, 3.63) is 41.7 Å². The van der Waals surface area contributed by atoms with Gasteiger partial charge in [-0.1, -0.05) is 36.0 Å². The molecule has 0 N–H and O–H groups in total. The standard InChI is InChI=1S/C12H10O4S/c1-8(13)16-15-6-11-10-5-3-2-4-9(10)7-17-12(11)14/h2-6H,7H2,1H3/b11-6-. The summed E-state index contributed by atoms with van der Waals surface area (Å²) in [7, 11) is 0. The van der Waals surface area contributed by atoms with Gasteiger partial charge in [0.25, 0.3) is 0 Å². The number of benzene rings is 1. The van der Waals surface area contributed by atoms with E-state index in [2.05, 4.69) is 9.78 Å². The Morgan fingerprint density at radius 1 is 1.41 bits per heavy atom. The average Bonchev–Trinajstić information content (AvgIpc) is 2.32. The van der Waals surface area contributed by atoms with Gasteiger partial charge in [0, 0.05) is 12.7 Å². The van der Waals surface area contributed by atoms with Crippen LogP contribution in [0.2, 0.25) is 0 Å². The fourth-order valence-electron chi connectivity index (χ4n) is 1.49. The van der Waals surface area contributed by atoms with Crippen LogP contribution in [-0.2, 0) is 25.1 Å². The van der Waals surface area contributed by atoms with Gasteiger partial charge in [0.2, 0.25) is 5.12 Å². The Hall–Kier alpha value is -1.75. The third-order valence-electron chi connectivity index (χ3n) is 2.22. The molecule has 1 heterocycles. The van der Waals surface area contributed by atoms with Crippen molar-refractivity contribution < 1.29 is 19.4 Å². The molecule has 17 heavy (non-hydrogen) atoms. The lowest BCUT2D eigenvalue weighted by molar-refractivity contribution is -0.235. The summed E-state index contributed by atoms with van der Waals surface area (Å²) < 4.78 is 0. The Morgan fingerprint density at radius 3 is 2.94 bits per heavy atom. The van der Waals surface area contributed by atoms with Gasteiger partial charge in [0.15, 0.2) is 6.26 Å². The molecule has 0 fully saturated rings. The molecule has 0 atom stereocenters. The molecule has 1 aromatic rings. The SMILES string of the molecule is CC(=O)OO/C=C1\C(=O)SCc2ccccc21. The zero-order chi connectivity index (χ0) is 12.3. The molecule has 0 aromatic heterocycles. The molecular weight excluding hydrogens is 240 g/mol. The second-order valence-electron chi connectivity index (χ2n) is 3.44. The van der Waals surface area contributed by atoms with Gasteiger partial charge in [-0.3, -0.25) is 14.6 Å². The molecule has 0 aliphatic carbocycles. The predicted molar refractivity (Wildman–Crippen MR) is 63.6 cm³/mol. The largest absolute Gasteiger partial charge is 0.352 e. The van der Waals surface area contributed by atoms with E-state index >= 15 is 0 Å². The van der Waals surface area contributed by atoms with Crippen molar-refractivity contribution >= 4 is 28.4 Å². The fraction of sp³-hybridized carbons (Fsp3) is 0.167.